The maximum Gasteiger partial charge on any atom is 0.225 e. The predicted molar refractivity (Wildman–Crippen MR) is 111 cm³/mol. The van der Waals surface area contributed by atoms with Crippen molar-refractivity contribution in [3.63, 3.8) is 0 Å². The van der Waals surface area contributed by atoms with Crippen LogP contribution in [0.1, 0.15) is 39.5 Å². The van der Waals surface area contributed by atoms with Crippen molar-refractivity contribution in [2.45, 2.75) is 51.7 Å². The van der Waals surface area contributed by atoms with Crippen molar-refractivity contribution in [1.82, 2.24) is 14.8 Å². The average molecular weight is 384 g/mol. The summed E-state index contributed by atoms with van der Waals surface area (Å²) in [5.74, 6) is 2.43. The third kappa shape index (κ3) is 4.95. The molecule has 1 aromatic carbocycles. The van der Waals surface area contributed by atoms with Crippen LogP contribution in [0.2, 0.25) is 0 Å². The molecule has 1 aliphatic carbocycles. The number of piperazine rings is 1. The van der Waals surface area contributed by atoms with Crippen LogP contribution in [0.25, 0.3) is 11.5 Å². The van der Waals surface area contributed by atoms with E-state index in [0.29, 0.717) is 18.0 Å². The molecule has 2 aromatic rings. The highest BCUT2D eigenvalue weighted by molar-refractivity contribution is 5.54. The smallest absolute Gasteiger partial charge is 0.225 e. The van der Waals surface area contributed by atoms with Crippen LogP contribution in [0.4, 0.5) is 0 Å². The van der Waals surface area contributed by atoms with Gasteiger partial charge in [0.05, 0.1) is 12.3 Å². The van der Waals surface area contributed by atoms with Gasteiger partial charge in [-0.1, -0.05) is 0 Å². The van der Waals surface area contributed by atoms with Crippen molar-refractivity contribution in [1.29, 1.82) is 0 Å². The van der Waals surface area contributed by atoms with E-state index in [-0.39, 0.29) is 0 Å². The molecule has 1 saturated heterocycles. The van der Waals surface area contributed by atoms with E-state index in [1.165, 1.54) is 45.6 Å². The van der Waals surface area contributed by atoms with Crippen LogP contribution >= 0.6 is 0 Å². The topological polar surface area (TPSA) is 41.7 Å². The van der Waals surface area contributed by atoms with Crippen LogP contribution in [0, 0.1) is 5.92 Å². The number of nitrogens with zero attached hydrogens (tertiary/aromatic N) is 3. The maximum absolute atomic E-state index is 6.24. The minimum Gasteiger partial charge on any atom is -0.490 e. The zero-order valence-corrected chi connectivity index (χ0v) is 17.2. The lowest BCUT2D eigenvalue weighted by Crippen LogP contribution is -2.50. The summed E-state index contributed by atoms with van der Waals surface area (Å²) >= 11 is 0. The molecule has 2 aliphatic rings. The van der Waals surface area contributed by atoms with E-state index in [2.05, 4.69) is 28.6 Å². The fraction of sp³-hybridized carbons (Fsp3) is 0.609. The monoisotopic (exact) mass is 383 g/mol. The second-order valence-corrected chi connectivity index (χ2v) is 8.55. The van der Waals surface area contributed by atoms with Crippen molar-refractivity contribution < 1.29 is 9.15 Å². The quantitative estimate of drug-likeness (QED) is 0.744. The Morgan fingerprint density at radius 3 is 2.36 bits per heavy atom. The Kier molecular flexibility index (Phi) is 6.33. The number of oxazole rings is 1. The fourth-order valence-electron chi connectivity index (χ4n) is 4.49. The first-order valence-electron chi connectivity index (χ1n) is 10.8. The van der Waals surface area contributed by atoms with Gasteiger partial charge in [-0.05, 0) is 69.7 Å². The highest BCUT2D eigenvalue weighted by Crippen LogP contribution is 2.29. The highest BCUT2D eigenvalue weighted by Gasteiger charge is 2.26. The third-order valence-electron chi connectivity index (χ3n) is 6.28. The largest absolute Gasteiger partial charge is 0.490 e. The molecule has 1 aliphatic heterocycles. The molecule has 1 saturated carbocycles. The van der Waals surface area contributed by atoms with Crippen LogP contribution in [0.3, 0.4) is 0 Å². The second-order valence-electron chi connectivity index (χ2n) is 8.55. The second kappa shape index (κ2) is 9.10. The summed E-state index contributed by atoms with van der Waals surface area (Å²) in [6.07, 6.45) is 8.51. The molecule has 0 unspecified atom stereocenters. The molecule has 152 valence electrons. The fourth-order valence-corrected chi connectivity index (χ4v) is 4.49. The van der Waals surface area contributed by atoms with Gasteiger partial charge in [0.25, 0.3) is 0 Å². The van der Waals surface area contributed by atoms with Gasteiger partial charge in [-0.2, -0.15) is 0 Å². The lowest BCUT2D eigenvalue weighted by Gasteiger charge is -2.39. The molecule has 28 heavy (non-hydrogen) atoms. The molecule has 0 spiro atoms. The lowest BCUT2D eigenvalue weighted by molar-refractivity contribution is 0.0747. The van der Waals surface area contributed by atoms with Crippen LogP contribution < -0.4 is 4.74 Å². The molecule has 0 atom stereocenters. The molecular formula is C23H33N3O2. The molecule has 5 nitrogen and oxygen atoms in total. The van der Waals surface area contributed by atoms with Crippen LogP contribution in [-0.2, 0) is 0 Å². The lowest BCUT2D eigenvalue weighted by atomic mass is 9.87. The zero-order chi connectivity index (χ0) is 19.3. The molecule has 1 aromatic heterocycles. The van der Waals surface area contributed by atoms with Crippen LogP contribution in [-0.4, -0.2) is 59.7 Å². The van der Waals surface area contributed by atoms with E-state index in [9.17, 15) is 0 Å². The molecule has 0 amide bonds. The number of rotatable bonds is 6. The van der Waals surface area contributed by atoms with Crippen molar-refractivity contribution in [2.24, 2.45) is 5.92 Å². The summed E-state index contributed by atoms with van der Waals surface area (Å²) in [7, 11) is 0. The Labute approximate surface area is 168 Å². The van der Waals surface area contributed by atoms with Crippen LogP contribution in [0.15, 0.2) is 41.1 Å². The van der Waals surface area contributed by atoms with Gasteiger partial charge in [0.15, 0.2) is 0 Å². The van der Waals surface area contributed by atoms with E-state index >= 15 is 0 Å². The first-order chi connectivity index (χ1) is 13.7. The van der Waals surface area contributed by atoms with Crippen LogP contribution in [0.5, 0.6) is 5.75 Å². The SMILES string of the molecule is CC(C)N1CCN(CC2CCC(Oc3ccc(-c4ncco4)cc3)CC2)CC1. The third-order valence-corrected chi connectivity index (χ3v) is 6.28. The maximum atomic E-state index is 6.24. The Bertz CT molecular complexity index is 698. The summed E-state index contributed by atoms with van der Waals surface area (Å²) in [5, 5.41) is 0. The molecule has 0 N–H and O–H groups in total. The molecule has 0 radical (unpaired) electrons. The van der Waals surface area contributed by atoms with E-state index < -0.39 is 0 Å². The average Bonchev–Trinajstić information content (AvgIpc) is 3.25. The minimum absolute atomic E-state index is 0.349. The van der Waals surface area contributed by atoms with Gasteiger partial charge in [-0.15, -0.1) is 0 Å². The molecule has 0 bridgehead atoms. The van der Waals surface area contributed by atoms with E-state index in [1.807, 2.05) is 24.3 Å². The van der Waals surface area contributed by atoms with Crippen molar-refractivity contribution in [3.8, 4) is 17.2 Å². The Morgan fingerprint density at radius 2 is 1.75 bits per heavy atom. The number of aromatic nitrogens is 1. The van der Waals surface area contributed by atoms with E-state index in [1.54, 1.807) is 12.5 Å². The van der Waals surface area contributed by atoms with Gasteiger partial charge in [0, 0.05) is 44.3 Å². The Hall–Kier alpha value is -1.85. The minimum atomic E-state index is 0.349. The summed E-state index contributed by atoms with van der Waals surface area (Å²) in [5.41, 5.74) is 0.985. The van der Waals surface area contributed by atoms with Gasteiger partial charge in [-0.25, -0.2) is 4.98 Å². The van der Waals surface area contributed by atoms with Crippen molar-refractivity contribution in [2.75, 3.05) is 32.7 Å². The van der Waals surface area contributed by atoms with Gasteiger partial charge in [0.2, 0.25) is 5.89 Å². The molecule has 5 heteroatoms. The number of ether oxygens (including phenoxy) is 1. The zero-order valence-electron chi connectivity index (χ0n) is 17.2. The van der Waals surface area contributed by atoms with E-state index in [0.717, 1.165) is 30.1 Å². The summed E-state index contributed by atoms with van der Waals surface area (Å²) in [6, 6.07) is 8.77. The van der Waals surface area contributed by atoms with Gasteiger partial charge >= 0.3 is 0 Å². The van der Waals surface area contributed by atoms with Gasteiger partial charge in [0.1, 0.15) is 12.0 Å². The van der Waals surface area contributed by atoms with Gasteiger partial charge in [-0.3, -0.25) is 4.90 Å². The summed E-state index contributed by atoms with van der Waals surface area (Å²) < 4.78 is 11.6. The normalized spacial score (nSPS) is 24.5. The van der Waals surface area contributed by atoms with E-state index in [4.69, 9.17) is 9.15 Å². The Balaban J connectivity index is 1.19. The van der Waals surface area contributed by atoms with Gasteiger partial charge < -0.3 is 14.1 Å². The van der Waals surface area contributed by atoms with Crippen molar-refractivity contribution >= 4 is 0 Å². The van der Waals surface area contributed by atoms with Crippen molar-refractivity contribution in [3.05, 3.63) is 36.7 Å². The standard InChI is InChI=1S/C23H33N3O2/c1-18(2)26-14-12-25(13-15-26)17-19-3-7-21(8-4-19)28-22-9-5-20(6-10-22)23-24-11-16-27-23/h5-6,9-11,16,18-19,21H,3-4,7-8,12-15,17H2,1-2H3. The summed E-state index contributed by atoms with van der Waals surface area (Å²) in [6.45, 7) is 10.8. The highest BCUT2D eigenvalue weighted by atomic mass is 16.5. The Morgan fingerprint density at radius 1 is 1.04 bits per heavy atom. The molecule has 2 heterocycles. The predicted octanol–water partition coefficient (Wildman–Crippen LogP) is 4.31. The number of hydrogen-bond donors (Lipinski definition) is 0. The molecule has 4 rings (SSSR count). The first kappa shape index (κ1) is 19.5. The molecule has 2 fully saturated rings. The number of benzene rings is 1. The summed E-state index contributed by atoms with van der Waals surface area (Å²) in [4.78, 5) is 9.45. The first-order valence-corrected chi connectivity index (χ1v) is 10.8. The molecular weight excluding hydrogens is 350 g/mol. The number of hydrogen-bond acceptors (Lipinski definition) is 5.